The van der Waals surface area contributed by atoms with Crippen molar-refractivity contribution in [2.45, 2.75) is 31.8 Å². The van der Waals surface area contributed by atoms with Crippen LogP contribution in [0.4, 0.5) is 0 Å². The lowest BCUT2D eigenvalue weighted by molar-refractivity contribution is -0.123. The molecular formula is C19H25NO3. The third-order valence-electron chi connectivity index (χ3n) is 5.88. The summed E-state index contributed by atoms with van der Waals surface area (Å²) in [6, 6.07) is 10.3. The number of carbonyl (C=O) groups is 1. The van der Waals surface area contributed by atoms with Crippen LogP contribution in [0.15, 0.2) is 30.3 Å². The van der Waals surface area contributed by atoms with Crippen LogP contribution in [0, 0.1) is 17.3 Å². The zero-order chi connectivity index (χ0) is 15.7. The number of amides is 1. The molecule has 1 amide bonds. The fourth-order valence-corrected chi connectivity index (χ4v) is 4.26. The summed E-state index contributed by atoms with van der Waals surface area (Å²) in [5.74, 6) is 0.834. The van der Waals surface area contributed by atoms with Crippen molar-refractivity contribution in [3.05, 3.63) is 35.9 Å². The minimum atomic E-state index is 0.118. The second-order valence-electron chi connectivity index (χ2n) is 7.23. The van der Waals surface area contributed by atoms with Gasteiger partial charge in [0.2, 0.25) is 5.91 Å². The van der Waals surface area contributed by atoms with Gasteiger partial charge < -0.3 is 14.8 Å². The van der Waals surface area contributed by atoms with Crippen molar-refractivity contribution in [2.75, 3.05) is 26.4 Å². The van der Waals surface area contributed by atoms with Gasteiger partial charge in [-0.3, -0.25) is 4.79 Å². The first kappa shape index (κ1) is 15.2. The molecular weight excluding hydrogens is 290 g/mol. The van der Waals surface area contributed by atoms with Gasteiger partial charge in [0.15, 0.2) is 0 Å². The normalized spacial score (nSPS) is 31.9. The van der Waals surface area contributed by atoms with Gasteiger partial charge in [0.25, 0.3) is 0 Å². The number of rotatable bonds is 4. The monoisotopic (exact) mass is 315 g/mol. The SMILES string of the molecule is O=C(NC[C@@H]1CCO[C@H]1c1ccccc1)C1CC12CCOCC2. The van der Waals surface area contributed by atoms with Gasteiger partial charge in [-0.05, 0) is 36.7 Å². The molecule has 0 aromatic heterocycles. The molecule has 3 atom stereocenters. The van der Waals surface area contributed by atoms with Crippen LogP contribution in [0.3, 0.4) is 0 Å². The molecule has 23 heavy (non-hydrogen) atoms. The average Bonchev–Trinajstić information content (AvgIpc) is 3.08. The highest BCUT2D eigenvalue weighted by atomic mass is 16.5. The molecule has 1 aliphatic carbocycles. The molecule has 1 spiro atoms. The van der Waals surface area contributed by atoms with E-state index in [9.17, 15) is 4.79 Å². The van der Waals surface area contributed by atoms with Crippen molar-refractivity contribution in [3.8, 4) is 0 Å². The Kier molecular flexibility index (Phi) is 4.12. The molecule has 3 aliphatic rings. The molecule has 2 heterocycles. The molecule has 0 bridgehead atoms. The van der Waals surface area contributed by atoms with Crippen LogP contribution in [-0.4, -0.2) is 32.3 Å². The fourth-order valence-electron chi connectivity index (χ4n) is 4.26. The molecule has 3 fully saturated rings. The van der Waals surface area contributed by atoms with Gasteiger partial charge in [-0.2, -0.15) is 0 Å². The van der Waals surface area contributed by atoms with E-state index in [-0.39, 0.29) is 23.3 Å². The summed E-state index contributed by atoms with van der Waals surface area (Å²) in [7, 11) is 0. The standard InChI is InChI=1S/C19H25NO3/c21-18(16-12-19(16)7-10-22-11-8-19)20-13-15-6-9-23-17(15)14-4-2-1-3-5-14/h1-5,15-17H,6-13H2,(H,20,21)/t15-,16?,17-/m0/s1. The molecule has 0 radical (unpaired) electrons. The summed E-state index contributed by atoms with van der Waals surface area (Å²) in [6.45, 7) is 3.14. The first-order chi connectivity index (χ1) is 11.3. The second kappa shape index (κ2) is 6.25. The summed E-state index contributed by atoms with van der Waals surface area (Å²) in [5.41, 5.74) is 1.48. The molecule has 4 nitrogen and oxygen atoms in total. The quantitative estimate of drug-likeness (QED) is 0.929. The predicted octanol–water partition coefficient (Wildman–Crippen LogP) is 2.70. The molecule has 1 N–H and O–H groups in total. The summed E-state index contributed by atoms with van der Waals surface area (Å²) in [5, 5.41) is 3.20. The minimum absolute atomic E-state index is 0.118. The Morgan fingerprint density at radius 3 is 2.74 bits per heavy atom. The van der Waals surface area contributed by atoms with Crippen molar-refractivity contribution in [1.29, 1.82) is 0 Å². The lowest BCUT2D eigenvalue weighted by atomic mass is 9.93. The van der Waals surface area contributed by atoms with E-state index in [0.29, 0.717) is 5.92 Å². The lowest BCUT2D eigenvalue weighted by Gasteiger charge is -2.23. The molecule has 1 aromatic rings. The Bertz CT molecular complexity index is 553. The van der Waals surface area contributed by atoms with Crippen molar-refractivity contribution >= 4 is 5.91 Å². The second-order valence-corrected chi connectivity index (χ2v) is 7.23. The molecule has 1 saturated carbocycles. The summed E-state index contributed by atoms with van der Waals surface area (Å²) >= 11 is 0. The van der Waals surface area contributed by atoms with E-state index >= 15 is 0 Å². The molecule has 4 rings (SSSR count). The maximum Gasteiger partial charge on any atom is 0.223 e. The highest BCUT2D eigenvalue weighted by molar-refractivity contribution is 5.82. The van der Waals surface area contributed by atoms with Gasteiger partial charge in [-0.1, -0.05) is 30.3 Å². The molecule has 124 valence electrons. The zero-order valence-corrected chi connectivity index (χ0v) is 13.5. The van der Waals surface area contributed by atoms with E-state index in [1.54, 1.807) is 0 Å². The number of hydrogen-bond acceptors (Lipinski definition) is 3. The first-order valence-corrected chi connectivity index (χ1v) is 8.80. The van der Waals surface area contributed by atoms with Crippen LogP contribution in [0.25, 0.3) is 0 Å². The van der Waals surface area contributed by atoms with Crippen molar-refractivity contribution in [2.24, 2.45) is 17.3 Å². The van der Waals surface area contributed by atoms with Crippen LogP contribution in [0.1, 0.15) is 37.4 Å². The number of ether oxygens (including phenoxy) is 2. The van der Waals surface area contributed by atoms with Crippen LogP contribution in [-0.2, 0) is 14.3 Å². The van der Waals surface area contributed by atoms with Crippen LogP contribution in [0.5, 0.6) is 0 Å². The van der Waals surface area contributed by atoms with Gasteiger partial charge in [0.1, 0.15) is 0 Å². The first-order valence-electron chi connectivity index (χ1n) is 8.80. The van der Waals surface area contributed by atoms with Crippen LogP contribution < -0.4 is 5.32 Å². The Hall–Kier alpha value is -1.39. The van der Waals surface area contributed by atoms with E-state index in [1.807, 2.05) is 18.2 Å². The van der Waals surface area contributed by atoms with E-state index in [4.69, 9.17) is 9.47 Å². The van der Waals surface area contributed by atoms with Crippen LogP contribution in [0.2, 0.25) is 0 Å². The van der Waals surface area contributed by atoms with Gasteiger partial charge >= 0.3 is 0 Å². The molecule has 1 unspecified atom stereocenters. The zero-order valence-electron chi connectivity index (χ0n) is 13.5. The van der Waals surface area contributed by atoms with Crippen molar-refractivity contribution in [1.82, 2.24) is 5.32 Å². The van der Waals surface area contributed by atoms with Crippen molar-refractivity contribution in [3.63, 3.8) is 0 Å². The topological polar surface area (TPSA) is 47.6 Å². The van der Waals surface area contributed by atoms with Crippen molar-refractivity contribution < 1.29 is 14.3 Å². The van der Waals surface area contributed by atoms with Gasteiger partial charge in [-0.25, -0.2) is 0 Å². The lowest BCUT2D eigenvalue weighted by Crippen LogP contribution is -2.34. The third kappa shape index (κ3) is 3.02. The van der Waals surface area contributed by atoms with E-state index in [1.165, 1.54) is 5.56 Å². The highest BCUT2D eigenvalue weighted by Crippen LogP contribution is 2.59. The number of hydrogen-bond donors (Lipinski definition) is 1. The van der Waals surface area contributed by atoms with E-state index < -0.39 is 0 Å². The van der Waals surface area contributed by atoms with Gasteiger partial charge in [0, 0.05) is 38.2 Å². The maximum atomic E-state index is 12.5. The average molecular weight is 315 g/mol. The third-order valence-corrected chi connectivity index (χ3v) is 5.88. The highest BCUT2D eigenvalue weighted by Gasteiger charge is 2.57. The summed E-state index contributed by atoms with van der Waals surface area (Å²) in [4.78, 5) is 12.5. The van der Waals surface area contributed by atoms with E-state index in [0.717, 1.165) is 52.0 Å². The Morgan fingerprint density at radius 2 is 1.96 bits per heavy atom. The molecule has 1 aromatic carbocycles. The predicted molar refractivity (Wildman–Crippen MR) is 86.8 cm³/mol. The summed E-state index contributed by atoms with van der Waals surface area (Å²) in [6.07, 6.45) is 4.27. The summed E-state index contributed by atoms with van der Waals surface area (Å²) < 4.78 is 11.3. The van der Waals surface area contributed by atoms with Gasteiger partial charge in [0.05, 0.1) is 6.10 Å². The van der Waals surface area contributed by atoms with E-state index in [2.05, 4.69) is 17.4 Å². The molecule has 2 aliphatic heterocycles. The van der Waals surface area contributed by atoms with Crippen LogP contribution >= 0.6 is 0 Å². The Balaban J connectivity index is 1.31. The number of nitrogens with one attached hydrogen (secondary N) is 1. The maximum absolute atomic E-state index is 12.5. The Morgan fingerprint density at radius 1 is 1.17 bits per heavy atom. The number of carbonyl (C=O) groups excluding carboxylic acids is 1. The largest absolute Gasteiger partial charge is 0.381 e. The number of benzene rings is 1. The molecule has 2 saturated heterocycles. The fraction of sp³-hybridized carbons (Fsp3) is 0.632. The van der Waals surface area contributed by atoms with Gasteiger partial charge in [-0.15, -0.1) is 0 Å². The smallest absolute Gasteiger partial charge is 0.223 e. The molecule has 4 heteroatoms. The minimum Gasteiger partial charge on any atom is -0.381 e. The Labute approximate surface area is 137 Å².